The van der Waals surface area contributed by atoms with Gasteiger partial charge >= 0.3 is 0 Å². The molecule has 3 aromatic carbocycles. The van der Waals surface area contributed by atoms with Crippen LogP contribution in [-0.2, 0) is 6.42 Å². The van der Waals surface area contributed by atoms with Gasteiger partial charge in [0.2, 0.25) is 0 Å². The zero-order chi connectivity index (χ0) is 27.4. The first-order chi connectivity index (χ1) is 18.2. The summed E-state index contributed by atoms with van der Waals surface area (Å²) in [6, 6.07) is 17.6. The number of hydrogen-bond donors (Lipinski definition) is 1. The van der Waals surface area contributed by atoms with Gasteiger partial charge in [0.15, 0.2) is 5.78 Å². The molecule has 0 aromatic heterocycles. The monoisotopic (exact) mass is 552 g/mol. The number of nitrogens with one attached hydrogen (secondary N) is 1. The number of hydrogen-bond acceptors (Lipinski definition) is 5. The van der Waals surface area contributed by atoms with Gasteiger partial charge in [0.05, 0.1) is 34.2 Å². The SMILES string of the molecule is CC(C)Oc1ccc(C(=O)N[C@@H](Cc2ccc(C(=O)CCl)cc2)CN2C(=O)c3ccccc3C2=O)cc1Cl. The highest BCUT2D eigenvalue weighted by Gasteiger charge is 2.36. The van der Waals surface area contributed by atoms with Gasteiger partial charge in [-0.05, 0) is 56.2 Å². The van der Waals surface area contributed by atoms with Gasteiger partial charge in [0.25, 0.3) is 17.7 Å². The quantitative estimate of drug-likeness (QED) is 0.212. The molecule has 0 spiro atoms. The largest absolute Gasteiger partial charge is 0.489 e. The minimum absolute atomic E-state index is 0.0390. The Bertz CT molecular complexity index is 1350. The number of ether oxygens (including phenoxy) is 1. The Morgan fingerprint density at radius 2 is 1.53 bits per heavy atom. The molecule has 1 heterocycles. The number of carbonyl (C=O) groups is 4. The number of alkyl halides is 1. The van der Waals surface area contributed by atoms with Crippen molar-refractivity contribution in [2.24, 2.45) is 0 Å². The summed E-state index contributed by atoms with van der Waals surface area (Å²) in [5, 5.41) is 3.23. The van der Waals surface area contributed by atoms with Gasteiger partial charge in [-0.1, -0.05) is 48.0 Å². The first-order valence-electron chi connectivity index (χ1n) is 12.1. The van der Waals surface area contributed by atoms with Crippen molar-refractivity contribution in [1.29, 1.82) is 0 Å². The lowest BCUT2D eigenvalue weighted by Crippen LogP contribution is -2.47. The third-order valence-corrected chi connectivity index (χ3v) is 6.59. The summed E-state index contributed by atoms with van der Waals surface area (Å²) in [6.45, 7) is 3.71. The van der Waals surface area contributed by atoms with E-state index in [9.17, 15) is 19.2 Å². The molecule has 3 amide bonds. The highest BCUT2D eigenvalue weighted by molar-refractivity contribution is 6.32. The molecule has 3 aromatic rings. The predicted octanol–water partition coefficient (Wildman–Crippen LogP) is 5.19. The number of rotatable bonds is 10. The van der Waals surface area contributed by atoms with Gasteiger partial charge in [0, 0.05) is 17.7 Å². The van der Waals surface area contributed by atoms with Gasteiger partial charge < -0.3 is 10.1 Å². The average Bonchev–Trinajstić information content (AvgIpc) is 3.14. The van der Waals surface area contributed by atoms with E-state index in [1.807, 2.05) is 13.8 Å². The normalized spacial score (nSPS) is 13.4. The third kappa shape index (κ3) is 6.06. The first-order valence-corrected chi connectivity index (χ1v) is 13.0. The number of imide groups is 1. The summed E-state index contributed by atoms with van der Waals surface area (Å²) in [5.74, 6) is -1.10. The molecular formula is C29H26Cl2N2O5. The van der Waals surface area contributed by atoms with Gasteiger partial charge in [-0.2, -0.15) is 0 Å². The Kier molecular flexibility index (Phi) is 8.49. The number of benzene rings is 3. The van der Waals surface area contributed by atoms with Crippen LogP contribution in [0.4, 0.5) is 0 Å². The highest BCUT2D eigenvalue weighted by Crippen LogP contribution is 2.27. The van der Waals surface area contributed by atoms with Crippen LogP contribution in [0.1, 0.15) is 60.8 Å². The van der Waals surface area contributed by atoms with Gasteiger partial charge in [-0.15, -0.1) is 11.6 Å². The molecule has 0 unspecified atom stereocenters. The molecule has 1 atom stereocenters. The van der Waals surface area contributed by atoms with Crippen molar-refractivity contribution in [2.75, 3.05) is 12.4 Å². The Labute approximate surface area is 230 Å². The summed E-state index contributed by atoms with van der Waals surface area (Å²) in [4.78, 5) is 52.2. The molecule has 9 heteroatoms. The first kappa shape index (κ1) is 27.4. The molecule has 0 radical (unpaired) electrons. The van der Waals surface area contributed by atoms with Crippen molar-refractivity contribution in [3.63, 3.8) is 0 Å². The maximum atomic E-state index is 13.2. The van der Waals surface area contributed by atoms with E-state index in [0.29, 0.717) is 39.4 Å². The van der Waals surface area contributed by atoms with E-state index in [2.05, 4.69) is 5.32 Å². The zero-order valence-corrected chi connectivity index (χ0v) is 22.4. The molecule has 196 valence electrons. The molecule has 38 heavy (non-hydrogen) atoms. The second-order valence-electron chi connectivity index (χ2n) is 9.21. The van der Waals surface area contributed by atoms with Crippen LogP contribution in [0.3, 0.4) is 0 Å². The minimum Gasteiger partial charge on any atom is -0.489 e. The highest BCUT2D eigenvalue weighted by atomic mass is 35.5. The third-order valence-electron chi connectivity index (χ3n) is 6.05. The number of carbonyl (C=O) groups excluding carboxylic acids is 4. The molecule has 1 N–H and O–H groups in total. The number of halogens is 2. The number of nitrogens with zero attached hydrogens (tertiary/aromatic N) is 1. The summed E-state index contributed by atoms with van der Waals surface area (Å²) < 4.78 is 5.64. The van der Waals surface area contributed by atoms with Crippen LogP contribution in [0.15, 0.2) is 66.7 Å². The van der Waals surface area contributed by atoms with Gasteiger partial charge in [-0.25, -0.2) is 0 Å². The van der Waals surface area contributed by atoms with Crippen LogP contribution < -0.4 is 10.1 Å². The van der Waals surface area contributed by atoms with E-state index in [0.717, 1.165) is 10.5 Å². The van der Waals surface area contributed by atoms with Crippen LogP contribution in [-0.4, -0.2) is 53.0 Å². The fourth-order valence-electron chi connectivity index (χ4n) is 4.24. The van der Waals surface area contributed by atoms with Crippen molar-refractivity contribution in [3.8, 4) is 5.75 Å². The average molecular weight is 553 g/mol. The summed E-state index contributed by atoms with van der Waals surface area (Å²) >= 11 is 12.0. The van der Waals surface area contributed by atoms with Crippen LogP contribution in [0.5, 0.6) is 5.75 Å². The second kappa shape index (κ2) is 11.8. The Hall–Kier alpha value is -3.68. The Morgan fingerprint density at radius 1 is 0.921 bits per heavy atom. The molecule has 1 aliphatic rings. The molecule has 0 bridgehead atoms. The Morgan fingerprint density at radius 3 is 2.08 bits per heavy atom. The lowest BCUT2D eigenvalue weighted by atomic mass is 10.0. The van der Waals surface area contributed by atoms with E-state index >= 15 is 0 Å². The van der Waals surface area contributed by atoms with E-state index in [1.54, 1.807) is 60.7 Å². The van der Waals surface area contributed by atoms with Crippen molar-refractivity contribution in [2.45, 2.75) is 32.4 Å². The lowest BCUT2D eigenvalue weighted by molar-refractivity contribution is 0.0628. The van der Waals surface area contributed by atoms with Crippen LogP contribution in [0, 0.1) is 0 Å². The summed E-state index contributed by atoms with van der Waals surface area (Å²) in [7, 11) is 0. The smallest absolute Gasteiger partial charge is 0.261 e. The molecule has 7 nitrogen and oxygen atoms in total. The van der Waals surface area contributed by atoms with E-state index in [-0.39, 0.29) is 24.3 Å². The fraction of sp³-hybridized carbons (Fsp3) is 0.241. The van der Waals surface area contributed by atoms with Crippen LogP contribution in [0.25, 0.3) is 0 Å². The zero-order valence-electron chi connectivity index (χ0n) is 20.9. The van der Waals surface area contributed by atoms with E-state index in [4.69, 9.17) is 27.9 Å². The van der Waals surface area contributed by atoms with E-state index in [1.165, 1.54) is 6.07 Å². The number of fused-ring (bicyclic) bond motifs is 1. The van der Waals surface area contributed by atoms with Crippen molar-refractivity contribution >= 4 is 46.7 Å². The van der Waals surface area contributed by atoms with Gasteiger partial charge in [0.1, 0.15) is 5.75 Å². The molecule has 1 aliphatic heterocycles. The molecular weight excluding hydrogens is 527 g/mol. The topological polar surface area (TPSA) is 92.8 Å². The molecule has 0 aliphatic carbocycles. The second-order valence-corrected chi connectivity index (χ2v) is 9.88. The number of ketones is 1. The minimum atomic E-state index is -0.621. The van der Waals surface area contributed by atoms with Gasteiger partial charge in [-0.3, -0.25) is 24.1 Å². The molecule has 0 saturated heterocycles. The Balaban J connectivity index is 1.57. The van der Waals surface area contributed by atoms with E-state index < -0.39 is 23.8 Å². The van der Waals surface area contributed by atoms with Crippen molar-refractivity contribution < 1.29 is 23.9 Å². The molecule has 4 rings (SSSR count). The van der Waals surface area contributed by atoms with Crippen LogP contribution >= 0.6 is 23.2 Å². The maximum absolute atomic E-state index is 13.2. The fourth-order valence-corrected chi connectivity index (χ4v) is 4.61. The molecule has 0 saturated carbocycles. The lowest BCUT2D eigenvalue weighted by Gasteiger charge is -2.24. The summed E-state index contributed by atoms with van der Waals surface area (Å²) in [6.07, 6.45) is 0.221. The maximum Gasteiger partial charge on any atom is 0.261 e. The predicted molar refractivity (Wildman–Crippen MR) is 145 cm³/mol. The summed E-state index contributed by atoms with van der Waals surface area (Å²) in [5.41, 5.74) is 2.25. The van der Waals surface area contributed by atoms with Crippen molar-refractivity contribution in [3.05, 3.63) is 99.6 Å². The van der Waals surface area contributed by atoms with Crippen molar-refractivity contribution in [1.82, 2.24) is 10.2 Å². The standard InChI is InChI=1S/C29H26Cl2N2O5/c1-17(2)38-26-12-11-20(14-24(26)31)27(35)32-21(13-18-7-9-19(10-8-18)25(34)15-30)16-33-28(36)22-5-3-4-6-23(22)29(33)37/h3-12,14,17,21H,13,15-16H2,1-2H3,(H,32,35)/t21-/m0/s1. The van der Waals surface area contributed by atoms with Crippen LogP contribution in [0.2, 0.25) is 5.02 Å². The number of Topliss-reactive ketones (excluding diaryl/α,β-unsaturated/α-hetero) is 1. The molecule has 0 fully saturated rings. The number of amides is 3.